The average Bonchev–Trinajstić information content (AvgIpc) is 1.83. The number of hydrogen-bond donors (Lipinski definition) is 0. The zero-order valence-corrected chi connectivity index (χ0v) is 6.54. The van der Waals surface area contributed by atoms with Crippen molar-refractivity contribution >= 4 is 11.6 Å². The summed E-state index contributed by atoms with van der Waals surface area (Å²) in [4.78, 5) is 0. The monoisotopic (exact) mass is 143 g/mol. The summed E-state index contributed by atoms with van der Waals surface area (Å²) in [7, 11) is 0. The van der Waals surface area contributed by atoms with Crippen LogP contribution in [0.1, 0.15) is 19.8 Å². The summed E-state index contributed by atoms with van der Waals surface area (Å²) in [5.41, 5.74) is 0. The lowest BCUT2D eigenvalue weighted by molar-refractivity contribution is 0.868. The quantitative estimate of drug-likeness (QED) is 0.567. The topological polar surface area (TPSA) is 0 Å². The van der Waals surface area contributed by atoms with E-state index in [0.717, 1.165) is 17.9 Å². The summed E-state index contributed by atoms with van der Waals surface area (Å²) >= 11 is 5.54. The van der Waals surface area contributed by atoms with Gasteiger partial charge in [0.15, 0.2) is 0 Å². The molecule has 0 aliphatic rings. The van der Waals surface area contributed by atoms with Crippen molar-refractivity contribution in [2.45, 2.75) is 19.8 Å². The van der Waals surface area contributed by atoms with E-state index in [0.29, 0.717) is 0 Å². The molecule has 9 heavy (non-hydrogen) atoms. The molecular weight excluding hydrogens is 132 g/mol. The Morgan fingerprint density at radius 1 is 1.56 bits per heavy atom. The van der Waals surface area contributed by atoms with E-state index >= 15 is 0 Å². The van der Waals surface area contributed by atoms with Gasteiger partial charge in [0.1, 0.15) is 0 Å². The molecule has 0 amide bonds. The SMILES string of the molecule is [CH2][CH][C](C)CCC(=C)Cl. The summed E-state index contributed by atoms with van der Waals surface area (Å²) in [6.07, 6.45) is 3.69. The zero-order chi connectivity index (χ0) is 7.28. The van der Waals surface area contributed by atoms with E-state index in [1.165, 1.54) is 5.92 Å². The van der Waals surface area contributed by atoms with E-state index in [1.807, 2.05) is 13.3 Å². The van der Waals surface area contributed by atoms with Gasteiger partial charge in [-0.05, 0) is 32.1 Å². The lowest BCUT2D eigenvalue weighted by atomic mass is 10.0. The van der Waals surface area contributed by atoms with Gasteiger partial charge < -0.3 is 0 Å². The molecule has 1 heteroatoms. The second kappa shape index (κ2) is 4.87. The predicted octanol–water partition coefficient (Wildman–Crippen LogP) is 3.15. The van der Waals surface area contributed by atoms with E-state index in [9.17, 15) is 0 Å². The van der Waals surface area contributed by atoms with E-state index in [2.05, 4.69) is 13.5 Å². The van der Waals surface area contributed by atoms with Gasteiger partial charge in [0.05, 0.1) is 0 Å². The van der Waals surface area contributed by atoms with Crippen LogP contribution in [0.2, 0.25) is 0 Å². The second-order valence-corrected chi connectivity index (χ2v) is 2.60. The van der Waals surface area contributed by atoms with Crippen molar-refractivity contribution < 1.29 is 0 Å². The predicted molar refractivity (Wildman–Crippen MR) is 42.8 cm³/mol. The van der Waals surface area contributed by atoms with Crippen LogP contribution in [0.3, 0.4) is 0 Å². The standard InChI is InChI=1S/C8H12Cl/c1-4-7(2)5-6-8(3)9/h4H,1,3,5-6H2,2H3. The first kappa shape index (κ1) is 9.03. The minimum absolute atomic E-state index is 0.719. The molecule has 0 nitrogen and oxygen atoms in total. The van der Waals surface area contributed by atoms with Crippen molar-refractivity contribution in [3.8, 4) is 0 Å². The first-order valence-corrected chi connectivity index (χ1v) is 3.32. The molecule has 0 saturated carbocycles. The molecule has 0 aliphatic carbocycles. The highest BCUT2D eigenvalue weighted by Crippen LogP contribution is 2.15. The lowest BCUT2D eigenvalue weighted by Gasteiger charge is -2.04. The number of rotatable bonds is 4. The third-order valence-corrected chi connectivity index (χ3v) is 1.33. The van der Waals surface area contributed by atoms with Gasteiger partial charge in [0.25, 0.3) is 0 Å². The van der Waals surface area contributed by atoms with E-state index in [-0.39, 0.29) is 0 Å². The molecule has 0 rings (SSSR count). The van der Waals surface area contributed by atoms with Gasteiger partial charge in [0, 0.05) is 5.03 Å². The minimum atomic E-state index is 0.719. The molecule has 0 fully saturated rings. The Balaban J connectivity index is 3.16. The van der Waals surface area contributed by atoms with Gasteiger partial charge in [0.2, 0.25) is 0 Å². The molecule has 0 aromatic carbocycles. The lowest BCUT2D eigenvalue weighted by Crippen LogP contribution is -1.88. The van der Waals surface area contributed by atoms with Crippen molar-refractivity contribution in [1.29, 1.82) is 0 Å². The van der Waals surface area contributed by atoms with Crippen molar-refractivity contribution in [2.75, 3.05) is 0 Å². The Morgan fingerprint density at radius 2 is 2.11 bits per heavy atom. The van der Waals surface area contributed by atoms with Gasteiger partial charge in [-0.25, -0.2) is 0 Å². The van der Waals surface area contributed by atoms with Gasteiger partial charge in [-0.15, -0.1) is 0 Å². The Labute approximate surface area is 62.9 Å². The smallest absolute Gasteiger partial charge is 0.0109 e. The third kappa shape index (κ3) is 5.91. The fraction of sp³-hybridized carbons (Fsp3) is 0.375. The molecule has 0 aliphatic heterocycles. The molecule has 0 aromatic rings. The van der Waals surface area contributed by atoms with Gasteiger partial charge in [-0.3, -0.25) is 0 Å². The maximum Gasteiger partial charge on any atom is 0.0109 e. The largest absolute Gasteiger partial charge is 0.0898 e. The van der Waals surface area contributed by atoms with Crippen molar-refractivity contribution in [2.24, 2.45) is 0 Å². The first-order chi connectivity index (χ1) is 4.16. The summed E-state index contributed by atoms with van der Waals surface area (Å²) in [6, 6.07) is 0. The highest BCUT2D eigenvalue weighted by atomic mass is 35.5. The molecule has 0 heterocycles. The molecule has 3 radical (unpaired) electrons. The number of allylic oxidation sites excluding steroid dienone is 1. The van der Waals surface area contributed by atoms with Crippen LogP contribution in [0.15, 0.2) is 11.6 Å². The third-order valence-electron chi connectivity index (χ3n) is 1.14. The minimum Gasteiger partial charge on any atom is -0.0898 e. The Bertz CT molecular complexity index is 86.6. The van der Waals surface area contributed by atoms with E-state index in [4.69, 9.17) is 11.6 Å². The summed E-state index contributed by atoms with van der Waals surface area (Å²) < 4.78 is 0. The van der Waals surface area contributed by atoms with E-state index in [1.54, 1.807) is 0 Å². The van der Waals surface area contributed by atoms with Crippen LogP contribution in [0.5, 0.6) is 0 Å². The molecule has 0 aromatic heterocycles. The normalized spacial score (nSPS) is 10.2. The summed E-state index contributed by atoms with van der Waals surface area (Å²) in [5, 5.41) is 0.719. The summed E-state index contributed by atoms with van der Waals surface area (Å²) in [6.45, 7) is 9.24. The maximum atomic E-state index is 5.54. The maximum absolute atomic E-state index is 5.54. The van der Waals surface area contributed by atoms with Gasteiger partial charge in [-0.2, -0.15) is 0 Å². The zero-order valence-electron chi connectivity index (χ0n) is 5.78. The highest BCUT2D eigenvalue weighted by Gasteiger charge is 1.98. The number of halogens is 1. The van der Waals surface area contributed by atoms with Crippen LogP contribution in [0.25, 0.3) is 0 Å². The van der Waals surface area contributed by atoms with E-state index < -0.39 is 0 Å². The highest BCUT2D eigenvalue weighted by molar-refractivity contribution is 6.29. The van der Waals surface area contributed by atoms with Crippen molar-refractivity contribution in [3.05, 3.63) is 30.9 Å². The van der Waals surface area contributed by atoms with Gasteiger partial charge in [-0.1, -0.05) is 25.1 Å². The molecule has 0 bridgehead atoms. The first-order valence-electron chi connectivity index (χ1n) is 2.95. The number of hydrogen-bond acceptors (Lipinski definition) is 0. The van der Waals surface area contributed by atoms with Crippen molar-refractivity contribution in [1.82, 2.24) is 0 Å². The van der Waals surface area contributed by atoms with Crippen LogP contribution in [0.4, 0.5) is 0 Å². The van der Waals surface area contributed by atoms with Crippen LogP contribution >= 0.6 is 11.6 Å². The molecule has 51 valence electrons. The van der Waals surface area contributed by atoms with Crippen LogP contribution in [0, 0.1) is 19.3 Å². The van der Waals surface area contributed by atoms with Crippen LogP contribution in [-0.4, -0.2) is 0 Å². The molecule has 0 saturated heterocycles. The molecule has 0 N–H and O–H groups in total. The van der Waals surface area contributed by atoms with Crippen LogP contribution < -0.4 is 0 Å². The van der Waals surface area contributed by atoms with Crippen LogP contribution in [-0.2, 0) is 0 Å². The van der Waals surface area contributed by atoms with Crippen molar-refractivity contribution in [3.63, 3.8) is 0 Å². The Kier molecular flexibility index (Phi) is 4.88. The molecule has 0 atom stereocenters. The molecule has 0 unspecified atom stereocenters. The fourth-order valence-electron chi connectivity index (χ4n) is 0.435. The average molecular weight is 144 g/mol. The Morgan fingerprint density at radius 3 is 2.44 bits per heavy atom. The van der Waals surface area contributed by atoms with Gasteiger partial charge >= 0.3 is 0 Å². The fourth-order valence-corrected chi connectivity index (χ4v) is 0.529. The Hall–Kier alpha value is 0.0300. The second-order valence-electron chi connectivity index (χ2n) is 2.07. The molecule has 0 spiro atoms. The summed E-state index contributed by atoms with van der Waals surface area (Å²) in [5.74, 6) is 1.26. The molecular formula is C8H12Cl.